The lowest BCUT2D eigenvalue weighted by Crippen LogP contribution is -2.14. The van der Waals surface area contributed by atoms with Crippen LogP contribution in [0.15, 0.2) is 59.5 Å². The van der Waals surface area contributed by atoms with Gasteiger partial charge in [-0.1, -0.05) is 18.2 Å². The van der Waals surface area contributed by atoms with Crippen LogP contribution in [0.25, 0.3) is 0 Å². The van der Waals surface area contributed by atoms with E-state index < -0.39 is 10.1 Å². The first-order valence-corrected chi connectivity index (χ1v) is 7.30. The smallest absolute Gasteiger partial charge is 0.294 e. The van der Waals surface area contributed by atoms with Crippen molar-refractivity contribution >= 4 is 21.6 Å². The third kappa shape index (κ3) is 3.66. The molecule has 0 unspecified atom stereocenters. The van der Waals surface area contributed by atoms with Crippen LogP contribution in [0.5, 0.6) is 0 Å². The van der Waals surface area contributed by atoms with E-state index in [0.717, 1.165) is 5.69 Å². The molecule has 0 heterocycles. The number of hydrogen-bond donors (Lipinski definition) is 2. The van der Waals surface area contributed by atoms with E-state index in [9.17, 15) is 13.2 Å². The van der Waals surface area contributed by atoms with Crippen molar-refractivity contribution in [3.63, 3.8) is 0 Å². The highest BCUT2D eigenvalue weighted by Gasteiger charge is 2.11. The first kappa shape index (κ1) is 14.2. The van der Waals surface area contributed by atoms with E-state index in [1.54, 1.807) is 0 Å². The Morgan fingerprint density at radius 2 is 1.60 bits per heavy atom. The molecule has 0 aromatic heterocycles. The molecule has 0 atom stereocenters. The molecule has 6 heteroatoms. The predicted octanol–water partition coefficient (Wildman–Crippen LogP) is 2.23. The summed E-state index contributed by atoms with van der Waals surface area (Å²) in [4.78, 5) is 11.7. The Bertz CT molecular complexity index is 694. The number of Topliss-reactive ketones (excluding diaryl/α,β-unsaturated/α-hetero) is 1. The zero-order valence-electron chi connectivity index (χ0n) is 10.5. The molecule has 0 aliphatic rings. The fourth-order valence-corrected chi connectivity index (χ4v) is 2.13. The minimum Gasteiger partial charge on any atom is -0.378 e. The summed E-state index contributed by atoms with van der Waals surface area (Å²) in [6, 6.07) is 14.4. The quantitative estimate of drug-likeness (QED) is 0.652. The monoisotopic (exact) mass is 291 g/mol. The lowest BCUT2D eigenvalue weighted by atomic mass is 10.1. The van der Waals surface area contributed by atoms with Crippen molar-refractivity contribution in [3.8, 4) is 0 Å². The second-order valence-corrected chi connectivity index (χ2v) is 5.56. The van der Waals surface area contributed by atoms with Gasteiger partial charge in [0.05, 0.1) is 11.4 Å². The van der Waals surface area contributed by atoms with Gasteiger partial charge < -0.3 is 5.32 Å². The summed E-state index contributed by atoms with van der Waals surface area (Å²) >= 11 is 0. The van der Waals surface area contributed by atoms with Crippen molar-refractivity contribution in [3.05, 3.63) is 60.2 Å². The molecule has 5 nitrogen and oxygen atoms in total. The Kier molecular flexibility index (Phi) is 4.16. The number of carbonyl (C=O) groups is 1. The van der Waals surface area contributed by atoms with E-state index in [4.69, 9.17) is 4.55 Å². The van der Waals surface area contributed by atoms with Gasteiger partial charge in [-0.3, -0.25) is 9.35 Å². The zero-order chi connectivity index (χ0) is 14.6. The van der Waals surface area contributed by atoms with Gasteiger partial charge in [-0.25, -0.2) is 0 Å². The fraction of sp³-hybridized carbons (Fsp3) is 0.0714. The average Bonchev–Trinajstić information content (AvgIpc) is 2.45. The molecule has 0 bridgehead atoms. The number of hydrogen-bond acceptors (Lipinski definition) is 4. The van der Waals surface area contributed by atoms with E-state index in [1.807, 2.05) is 30.3 Å². The third-order valence-electron chi connectivity index (χ3n) is 2.70. The van der Waals surface area contributed by atoms with Crippen molar-refractivity contribution in [1.29, 1.82) is 0 Å². The molecule has 0 saturated carbocycles. The molecule has 0 spiro atoms. The standard InChI is InChI=1S/C14H13NO4S/c16-14(10-15-12-4-2-1-3-5-12)11-6-8-13(9-7-11)20(17,18)19/h1-9,15H,10H2,(H,17,18,19). The molecule has 0 amide bonds. The highest BCUT2D eigenvalue weighted by atomic mass is 32.2. The average molecular weight is 291 g/mol. The lowest BCUT2D eigenvalue weighted by Gasteiger charge is -2.05. The van der Waals surface area contributed by atoms with E-state index >= 15 is 0 Å². The van der Waals surface area contributed by atoms with Crippen LogP contribution >= 0.6 is 0 Å². The van der Waals surface area contributed by atoms with E-state index in [2.05, 4.69) is 5.32 Å². The van der Waals surface area contributed by atoms with Crippen molar-refractivity contribution in [2.45, 2.75) is 4.90 Å². The lowest BCUT2D eigenvalue weighted by molar-refractivity contribution is 0.101. The molecule has 20 heavy (non-hydrogen) atoms. The van der Waals surface area contributed by atoms with Gasteiger partial charge in [0.15, 0.2) is 5.78 Å². The van der Waals surface area contributed by atoms with Gasteiger partial charge in [-0.05, 0) is 36.4 Å². The molecular weight excluding hydrogens is 278 g/mol. The summed E-state index contributed by atoms with van der Waals surface area (Å²) in [5.41, 5.74) is 1.20. The van der Waals surface area contributed by atoms with Crippen LogP contribution in [0.3, 0.4) is 0 Å². The van der Waals surface area contributed by atoms with Gasteiger partial charge in [0.2, 0.25) is 0 Å². The predicted molar refractivity (Wildman–Crippen MR) is 75.5 cm³/mol. The summed E-state index contributed by atoms with van der Waals surface area (Å²) in [6.07, 6.45) is 0. The van der Waals surface area contributed by atoms with Gasteiger partial charge in [-0.2, -0.15) is 8.42 Å². The molecular formula is C14H13NO4S. The topological polar surface area (TPSA) is 83.5 Å². The van der Waals surface area contributed by atoms with Crippen LogP contribution in [0.1, 0.15) is 10.4 Å². The summed E-state index contributed by atoms with van der Waals surface area (Å²) in [6.45, 7) is 0.106. The van der Waals surface area contributed by atoms with E-state index in [0.29, 0.717) is 5.56 Å². The van der Waals surface area contributed by atoms with Gasteiger partial charge in [0, 0.05) is 11.3 Å². The minimum atomic E-state index is -4.23. The maximum atomic E-state index is 11.9. The Morgan fingerprint density at radius 3 is 2.15 bits per heavy atom. The van der Waals surface area contributed by atoms with Crippen molar-refractivity contribution in [1.82, 2.24) is 0 Å². The molecule has 0 radical (unpaired) electrons. The maximum Gasteiger partial charge on any atom is 0.294 e. The second-order valence-electron chi connectivity index (χ2n) is 4.14. The summed E-state index contributed by atoms with van der Waals surface area (Å²) < 4.78 is 30.6. The number of benzene rings is 2. The number of rotatable bonds is 5. The Balaban J connectivity index is 2.03. The largest absolute Gasteiger partial charge is 0.378 e. The summed E-state index contributed by atoms with van der Waals surface area (Å²) in [5, 5.41) is 2.97. The van der Waals surface area contributed by atoms with Crippen LogP contribution in [-0.4, -0.2) is 25.3 Å². The molecule has 0 saturated heterocycles. The fourth-order valence-electron chi connectivity index (χ4n) is 1.65. The van der Waals surface area contributed by atoms with E-state index in [1.165, 1.54) is 24.3 Å². The number of para-hydroxylation sites is 1. The molecule has 2 aromatic rings. The first-order valence-electron chi connectivity index (χ1n) is 5.86. The van der Waals surface area contributed by atoms with Crippen LogP contribution in [0.4, 0.5) is 5.69 Å². The number of carbonyl (C=O) groups excluding carboxylic acids is 1. The Labute approximate surface area is 117 Å². The Morgan fingerprint density at radius 1 is 1.00 bits per heavy atom. The molecule has 104 valence electrons. The van der Waals surface area contributed by atoms with Crippen molar-refractivity contribution in [2.24, 2.45) is 0 Å². The molecule has 2 rings (SSSR count). The van der Waals surface area contributed by atoms with Gasteiger partial charge in [0.25, 0.3) is 10.1 Å². The van der Waals surface area contributed by atoms with Crippen LogP contribution in [0, 0.1) is 0 Å². The Hall–Kier alpha value is -2.18. The minimum absolute atomic E-state index is 0.106. The van der Waals surface area contributed by atoms with Crippen molar-refractivity contribution in [2.75, 3.05) is 11.9 Å². The number of nitrogens with one attached hydrogen (secondary N) is 1. The number of ketones is 1. The highest BCUT2D eigenvalue weighted by Crippen LogP contribution is 2.11. The van der Waals surface area contributed by atoms with Gasteiger partial charge >= 0.3 is 0 Å². The van der Waals surface area contributed by atoms with Crippen molar-refractivity contribution < 1.29 is 17.8 Å². The SMILES string of the molecule is O=C(CNc1ccccc1)c1ccc(S(=O)(=O)O)cc1. The zero-order valence-corrected chi connectivity index (χ0v) is 11.3. The molecule has 2 N–H and O–H groups in total. The van der Waals surface area contributed by atoms with Crippen LogP contribution in [-0.2, 0) is 10.1 Å². The normalized spacial score (nSPS) is 11.1. The summed E-state index contributed by atoms with van der Waals surface area (Å²) in [5.74, 6) is -0.171. The maximum absolute atomic E-state index is 11.9. The highest BCUT2D eigenvalue weighted by molar-refractivity contribution is 7.85. The van der Waals surface area contributed by atoms with Crippen LogP contribution < -0.4 is 5.32 Å². The second kappa shape index (κ2) is 5.85. The molecule has 2 aromatic carbocycles. The molecule has 0 fully saturated rings. The third-order valence-corrected chi connectivity index (χ3v) is 3.57. The molecule has 0 aliphatic heterocycles. The summed E-state index contributed by atoms with van der Waals surface area (Å²) in [7, 11) is -4.23. The van der Waals surface area contributed by atoms with Gasteiger partial charge in [-0.15, -0.1) is 0 Å². The van der Waals surface area contributed by atoms with Crippen LogP contribution in [0.2, 0.25) is 0 Å². The first-order chi connectivity index (χ1) is 9.47. The molecule has 0 aliphatic carbocycles. The van der Waals surface area contributed by atoms with E-state index in [-0.39, 0.29) is 17.2 Å². The van der Waals surface area contributed by atoms with Gasteiger partial charge in [0.1, 0.15) is 0 Å². The number of anilines is 1.